The molecule has 0 radical (unpaired) electrons. The molecule has 0 spiro atoms. The van der Waals surface area contributed by atoms with Gasteiger partial charge in [0.25, 0.3) is 5.88 Å². The summed E-state index contributed by atoms with van der Waals surface area (Å²) in [6.07, 6.45) is 0. The Morgan fingerprint density at radius 1 is 1.15 bits per heavy atom. The third kappa shape index (κ3) is 2.58. The van der Waals surface area contributed by atoms with Crippen LogP contribution in [0.3, 0.4) is 0 Å². The number of para-hydroxylation sites is 1. The van der Waals surface area contributed by atoms with Crippen molar-refractivity contribution in [1.29, 1.82) is 0 Å². The molecule has 0 bridgehead atoms. The van der Waals surface area contributed by atoms with Crippen molar-refractivity contribution >= 4 is 11.0 Å². The quantitative estimate of drug-likeness (QED) is 0.430. The predicted octanol–water partition coefficient (Wildman–Crippen LogP) is 2.73. The highest BCUT2D eigenvalue weighted by molar-refractivity contribution is 5.85. The largest absolute Gasteiger partial charge is 0.497 e. The van der Waals surface area contributed by atoms with Gasteiger partial charge in [-0.3, -0.25) is 10.1 Å². The zero-order valence-corrected chi connectivity index (χ0v) is 14.2. The average molecular weight is 366 g/mol. The molecule has 4 rings (SSSR count). The number of hydrogen-bond acceptors (Lipinski definition) is 7. The van der Waals surface area contributed by atoms with Gasteiger partial charge in [-0.25, -0.2) is 4.79 Å². The van der Waals surface area contributed by atoms with Crippen LogP contribution < -0.4 is 20.8 Å². The minimum absolute atomic E-state index is 0.0415. The molecule has 1 aliphatic heterocycles. The topological polar surface area (TPSA) is 118 Å². The summed E-state index contributed by atoms with van der Waals surface area (Å²) < 4.78 is 16.0. The highest BCUT2D eigenvalue weighted by Gasteiger charge is 2.42. The van der Waals surface area contributed by atoms with Crippen LogP contribution in [0.15, 0.2) is 69.3 Å². The lowest BCUT2D eigenvalue weighted by Gasteiger charge is -2.24. The highest BCUT2D eigenvalue weighted by Crippen LogP contribution is 2.43. The van der Waals surface area contributed by atoms with Gasteiger partial charge in [0.05, 0.1) is 23.0 Å². The van der Waals surface area contributed by atoms with E-state index in [1.54, 1.807) is 48.5 Å². The van der Waals surface area contributed by atoms with Gasteiger partial charge in [0.15, 0.2) is 5.75 Å². The van der Waals surface area contributed by atoms with Crippen LogP contribution in [0.25, 0.3) is 11.0 Å². The van der Waals surface area contributed by atoms with Crippen LogP contribution in [0.2, 0.25) is 0 Å². The van der Waals surface area contributed by atoms with Crippen LogP contribution in [0.4, 0.5) is 0 Å². The van der Waals surface area contributed by atoms with Gasteiger partial charge in [0.2, 0.25) is 0 Å². The average Bonchev–Trinajstić information content (AvgIpc) is 2.67. The Bertz CT molecular complexity index is 1150. The van der Waals surface area contributed by atoms with E-state index in [4.69, 9.17) is 19.6 Å². The molecule has 0 saturated heterocycles. The Balaban J connectivity index is 2.04. The summed E-state index contributed by atoms with van der Waals surface area (Å²) >= 11 is 0. The number of methoxy groups -OCH3 is 1. The molecule has 3 aromatic rings. The molecule has 2 aromatic carbocycles. The van der Waals surface area contributed by atoms with Crippen molar-refractivity contribution in [1.82, 2.24) is 0 Å². The third-order valence-corrected chi connectivity index (χ3v) is 4.47. The number of rotatable bonds is 3. The molecule has 0 unspecified atom stereocenters. The summed E-state index contributed by atoms with van der Waals surface area (Å²) in [7, 11) is 1.51. The Morgan fingerprint density at radius 2 is 1.85 bits per heavy atom. The molecule has 27 heavy (non-hydrogen) atoms. The van der Waals surface area contributed by atoms with Gasteiger partial charge >= 0.3 is 11.3 Å². The first-order chi connectivity index (χ1) is 13.0. The highest BCUT2D eigenvalue weighted by atomic mass is 16.6. The lowest BCUT2D eigenvalue weighted by atomic mass is 9.87. The summed E-state index contributed by atoms with van der Waals surface area (Å²) in [5.41, 5.74) is 5.61. The van der Waals surface area contributed by atoms with E-state index in [9.17, 15) is 14.9 Å². The van der Waals surface area contributed by atoms with E-state index in [1.165, 1.54) is 7.11 Å². The van der Waals surface area contributed by atoms with Crippen molar-refractivity contribution in [3.63, 3.8) is 0 Å². The Kier molecular flexibility index (Phi) is 3.80. The van der Waals surface area contributed by atoms with Crippen molar-refractivity contribution in [3.8, 4) is 11.5 Å². The lowest BCUT2D eigenvalue weighted by molar-refractivity contribution is -0.432. The minimum Gasteiger partial charge on any atom is -0.497 e. The van der Waals surface area contributed by atoms with E-state index in [1.807, 2.05) is 0 Å². The van der Waals surface area contributed by atoms with Crippen LogP contribution in [0.1, 0.15) is 17.0 Å². The molecule has 0 amide bonds. The zero-order valence-electron chi connectivity index (χ0n) is 14.2. The number of hydrogen-bond donors (Lipinski definition) is 1. The molecule has 8 heteroatoms. The van der Waals surface area contributed by atoms with Crippen LogP contribution in [-0.2, 0) is 0 Å². The Hall–Kier alpha value is -3.81. The number of fused-ring (bicyclic) bond motifs is 3. The molecule has 1 atom stereocenters. The van der Waals surface area contributed by atoms with Crippen molar-refractivity contribution < 1.29 is 18.8 Å². The van der Waals surface area contributed by atoms with Crippen molar-refractivity contribution in [2.45, 2.75) is 5.92 Å². The van der Waals surface area contributed by atoms with E-state index < -0.39 is 22.2 Å². The number of benzene rings is 2. The molecule has 0 saturated carbocycles. The molecule has 1 aliphatic rings. The van der Waals surface area contributed by atoms with Crippen LogP contribution >= 0.6 is 0 Å². The van der Waals surface area contributed by atoms with Crippen LogP contribution in [0.5, 0.6) is 11.5 Å². The van der Waals surface area contributed by atoms with Crippen molar-refractivity contribution in [2.24, 2.45) is 5.73 Å². The molecule has 0 fully saturated rings. The van der Waals surface area contributed by atoms with E-state index in [-0.39, 0.29) is 17.2 Å². The first kappa shape index (κ1) is 16.6. The smallest absolute Gasteiger partial charge is 0.344 e. The maximum absolute atomic E-state index is 12.7. The van der Waals surface area contributed by atoms with Crippen molar-refractivity contribution in [3.05, 3.63) is 91.8 Å². The summed E-state index contributed by atoms with van der Waals surface area (Å²) in [5, 5.41) is 12.2. The second-order valence-electron chi connectivity index (χ2n) is 5.94. The van der Waals surface area contributed by atoms with Gasteiger partial charge in [-0.1, -0.05) is 24.3 Å². The Labute approximate surface area is 152 Å². The zero-order chi connectivity index (χ0) is 19.1. The SMILES string of the molecule is COc1ccc([C@@H]2C([N+](=O)[O-])=C(N)Oc3c2c(=O)oc2ccccc32)cc1. The maximum atomic E-state index is 12.7. The van der Waals surface area contributed by atoms with Crippen LogP contribution in [-0.4, -0.2) is 12.0 Å². The molecule has 2 N–H and O–H groups in total. The van der Waals surface area contributed by atoms with Gasteiger partial charge in [0.1, 0.15) is 17.3 Å². The number of allylic oxidation sites excluding steroid dienone is 1. The number of nitro groups is 1. The first-order valence-electron chi connectivity index (χ1n) is 8.03. The minimum atomic E-state index is -1.03. The monoisotopic (exact) mass is 366 g/mol. The first-order valence-corrected chi connectivity index (χ1v) is 8.03. The van der Waals surface area contributed by atoms with E-state index in [2.05, 4.69) is 0 Å². The summed E-state index contributed by atoms with van der Waals surface area (Å²) in [4.78, 5) is 23.8. The van der Waals surface area contributed by atoms with Gasteiger partial charge in [-0.05, 0) is 29.8 Å². The Morgan fingerprint density at radius 3 is 2.52 bits per heavy atom. The van der Waals surface area contributed by atoms with Gasteiger partial charge in [-0.15, -0.1) is 0 Å². The molecular weight excluding hydrogens is 352 g/mol. The number of nitrogens with two attached hydrogens (primary N) is 1. The predicted molar refractivity (Wildman–Crippen MR) is 96.2 cm³/mol. The lowest BCUT2D eigenvalue weighted by Crippen LogP contribution is -2.29. The fraction of sp³-hybridized carbons (Fsp3) is 0.105. The molecular formula is C19H14N2O6. The fourth-order valence-corrected chi connectivity index (χ4v) is 3.25. The third-order valence-electron chi connectivity index (χ3n) is 4.47. The molecule has 2 heterocycles. The van der Waals surface area contributed by atoms with Crippen molar-refractivity contribution in [2.75, 3.05) is 7.11 Å². The standard InChI is InChI=1S/C19H14N2O6/c1-25-11-8-6-10(7-9-11)14-15-17(27-18(20)16(14)21(23)24)12-4-2-3-5-13(12)26-19(15)22/h2-9,14H,20H2,1H3/t14-/m0/s1. The second-order valence-corrected chi connectivity index (χ2v) is 5.94. The fourth-order valence-electron chi connectivity index (χ4n) is 3.25. The summed E-state index contributed by atoms with van der Waals surface area (Å²) in [6, 6.07) is 13.4. The van der Waals surface area contributed by atoms with Gasteiger partial charge in [0, 0.05) is 0 Å². The summed E-state index contributed by atoms with van der Waals surface area (Å²) in [5.74, 6) is -0.637. The maximum Gasteiger partial charge on any atom is 0.344 e. The molecule has 0 aliphatic carbocycles. The van der Waals surface area contributed by atoms with Gasteiger partial charge < -0.3 is 19.6 Å². The molecule has 1 aromatic heterocycles. The summed E-state index contributed by atoms with van der Waals surface area (Å²) in [6.45, 7) is 0. The van der Waals surface area contributed by atoms with E-state index in [0.29, 0.717) is 22.3 Å². The number of nitrogens with zero attached hydrogens (tertiary/aromatic N) is 1. The normalized spacial score (nSPS) is 16.0. The van der Waals surface area contributed by atoms with Crippen LogP contribution in [0, 0.1) is 10.1 Å². The number of ether oxygens (including phenoxy) is 2. The molecule has 8 nitrogen and oxygen atoms in total. The van der Waals surface area contributed by atoms with Gasteiger partial charge in [-0.2, -0.15) is 0 Å². The molecule has 136 valence electrons. The van der Waals surface area contributed by atoms with E-state index >= 15 is 0 Å². The second kappa shape index (κ2) is 6.17. The van der Waals surface area contributed by atoms with E-state index in [0.717, 1.165) is 0 Å².